The molecule has 1 amide bonds. The topological polar surface area (TPSA) is 149 Å². The number of carbonyl (C=O) groups is 1. The minimum Gasteiger partial charge on any atom is -0.351 e. The Morgan fingerprint density at radius 2 is 1.78 bits per heavy atom. The van der Waals surface area contributed by atoms with Gasteiger partial charge in [0.1, 0.15) is 5.56 Å². The van der Waals surface area contributed by atoms with E-state index in [1.807, 2.05) is 20.2 Å². The second kappa shape index (κ2) is 12.9. The molecule has 1 N–H and O–H groups in total. The van der Waals surface area contributed by atoms with E-state index in [1.54, 1.807) is 28.2 Å². The Balaban J connectivity index is 1.33. The molecule has 0 unspecified atom stereocenters. The van der Waals surface area contributed by atoms with E-state index in [9.17, 15) is 26.4 Å². The normalized spacial score (nSPS) is 17.2. The van der Waals surface area contributed by atoms with Crippen LogP contribution in [0.5, 0.6) is 0 Å². The number of rotatable bonds is 9. The Labute approximate surface area is 258 Å². The summed E-state index contributed by atoms with van der Waals surface area (Å²) in [6.45, 7) is 1.93. The van der Waals surface area contributed by atoms with Crippen LogP contribution in [0.25, 0.3) is 22.5 Å². The summed E-state index contributed by atoms with van der Waals surface area (Å²) in [4.78, 5) is 35.6. The molecule has 4 aromatic rings. The number of hydrogen-bond donors (Lipinski definition) is 1. The van der Waals surface area contributed by atoms with Crippen molar-refractivity contribution in [2.75, 3.05) is 16.5 Å². The maximum absolute atomic E-state index is 13.9. The lowest BCUT2D eigenvalue weighted by Crippen LogP contribution is -2.44. The molecule has 4 heterocycles. The number of aryl methyl sites for hydroxylation is 1. The molecule has 1 aliphatic rings. The van der Waals surface area contributed by atoms with Gasteiger partial charge in [-0.2, -0.15) is 18.3 Å². The molecule has 238 valence electrons. The number of nitrogens with zero attached hydrogens (tertiary/aromatic N) is 8. The van der Waals surface area contributed by atoms with Gasteiger partial charge in [0.2, 0.25) is 11.9 Å². The van der Waals surface area contributed by atoms with Crippen molar-refractivity contribution < 1.29 is 26.4 Å². The molecule has 0 aliphatic heterocycles. The van der Waals surface area contributed by atoms with Crippen LogP contribution in [0.3, 0.4) is 0 Å². The van der Waals surface area contributed by atoms with E-state index >= 15 is 0 Å². The van der Waals surface area contributed by atoms with Crippen LogP contribution in [0.1, 0.15) is 51.0 Å². The molecule has 12 nitrogen and oxygen atoms in total. The first-order valence-electron chi connectivity index (χ1n) is 14.3. The lowest BCUT2D eigenvalue weighted by atomic mass is 9.90. The monoisotopic (exact) mass is 643 g/mol. The Morgan fingerprint density at radius 1 is 1.02 bits per heavy atom. The summed E-state index contributed by atoms with van der Waals surface area (Å²) in [5, 5.41) is 7.28. The number of amides is 1. The van der Waals surface area contributed by atoms with Crippen LogP contribution in [0.4, 0.5) is 24.9 Å². The number of hydrogen-bond acceptors (Lipinski definition) is 10. The largest absolute Gasteiger partial charge is 0.419 e. The summed E-state index contributed by atoms with van der Waals surface area (Å²) in [5.41, 5.74) is -0.235. The first-order chi connectivity index (χ1) is 21.3. The lowest BCUT2D eigenvalue weighted by Gasteiger charge is -2.36. The van der Waals surface area contributed by atoms with E-state index in [1.165, 1.54) is 0 Å². The molecule has 5 rings (SSSR count). The number of sulfone groups is 1. The molecule has 0 saturated heterocycles. The van der Waals surface area contributed by atoms with Crippen LogP contribution in [-0.2, 0) is 27.9 Å². The average molecular weight is 644 g/mol. The van der Waals surface area contributed by atoms with Gasteiger partial charge < -0.3 is 5.32 Å². The summed E-state index contributed by atoms with van der Waals surface area (Å²) in [5.74, 6) is 0.373. The van der Waals surface area contributed by atoms with Crippen molar-refractivity contribution in [3.05, 3.63) is 55.0 Å². The number of alkyl halides is 3. The summed E-state index contributed by atoms with van der Waals surface area (Å²) in [7, 11) is -1.91. The van der Waals surface area contributed by atoms with Crippen LogP contribution in [0, 0.1) is 0 Å². The highest BCUT2D eigenvalue weighted by Crippen LogP contribution is 2.37. The summed E-state index contributed by atoms with van der Waals surface area (Å²) in [6.07, 6.45) is 9.18. The number of anilines is 2. The molecule has 4 aromatic heterocycles. The Hall–Kier alpha value is -4.47. The molecular weight excluding hydrogens is 611 g/mol. The predicted octanol–water partition coefficient (Wildman–Crippen LogP) is 4.71. The van der Waals surface area contributed by atoms with Gasteiger partial charge in [-0.3, -0.25) is 24.3 Å². The van der Waals surface area contributed by atoms with Crippen molar-refractivity contribution in [3.63, 3.8) is 0 Å². The highest BCUT2D eigenvalue weighted by Gasteiger charge is 2.36. The molecule has 1 aliphatic carbocycles. The summed E-state index contributed by atoms with van der Waals surface area (Å²) in [6, 6.07) is 0.797. The van der Waals surface area contributed by atoms with Crippen LogP contribution in [0.15, 0.2) is 54.3 Å². The highest BCUT2D eigenvalue weighted by molar-refractivity contribution is 7.90. The van der Waals surface area contributed by atoms with Crippen molar-refractivity contribution in [1.29, 1.82) is 0 Å². The average Bonchev–Trinajstić information content (AvgIpc) is 3.44. The van der Waals surface area contributed by atoms with Crippen molar-refractivity contribution in [2.45, 2.75) is 68.6 Å². The fraction of sp³-hybridized carbons (Fsp3) is 0.414. The number of halogens is 3. The minimum absolute atomic E-state index is 0.0259. The predicted molar refractivity (Wildman–Crippen MR) is 160 cm³/mol. The third-order valence-electron chi connectivity index (χ3n) is 7.52. The highest BCUT2D eigenvalue weighted by atomic mass is 32.2. The molecule has 0 bridgehead atoms. The van der Waals surface area contributed by atoms with Gasteiger partial charge in [-0.25, -0.2) is 23.4 Å². The molecule has 0 aromatic carbocycles. The zero-order valence-electron chi connectivity index (χ0n) is 24.9. The van der Waals surface area contributed by atoms with Gasteiger partial charge in [0.25, 0.3) is 0 Å². The third-order valence-corrected chi connectivity index (χ3v) is 8.60. The van der Waals surface area contributed by atoms with E-state index in [4.69, 9.17) is 0 Å². The van der Waals surface area contributed by atoms with E-state index < -0.39 is 27.3 Å². The number of nitrogens with one attached hydrogen (secondary N) is 1. The lowest BCUT2D eigenvalue weighted by molar-refractivity contribution is -0.137. The van der Waals surface area contributed by atoms with Gasteiger partial charge in [-0.1, -0.05) is 6.92 Å². The Kier molecular flexibility index (Phi) is 9.13. The van der Waals surface area contributed by atoms with Crippen LogP contribution >= 0.6 is 0 Å². The van der Waals surface area contributed by atoms with Gasteiger partial charge in [0.15, 0.2) is 15.7 Å². The van der Waals surface area contributed by atoms with Gasteiger partial charge >= 0.3 is 6.18 Å². The van der Waals surface area contributed by atoms with Crippen molar-refractivity contribution in [1.82, 2.24) is 34.7 Å². The smallest absolute Gasteiger partial charge is 0.351 e. The van der Waals surface area contributed by atoms with E-state index in [0.29, 0.717) is 56.2 Å². The first kappa shape index (κ1) is 31.9. The number of aromatic nitrogens is 7. The molecule has 16 heteroatoms. The fourth-order valence-corrected chi connectivity index (χ4v) is 5.89. The summed E-state index contributed by atoms with van der Waals surface area (Å²) >= 11 is 0. The molecule has 1 saturated carbocycles. The standard InChI is InChI=1S/C29H32F3N9O3S/c1-4-5-26(42)41(25-16-34-24(15-35-25)19-12-37-40(2)17-19)21-8-6-20(7-9-21)38-28-36-14-23(29(30,31)32)27(39-28)18-10-22(13-33-11-18)45(3,43)44/h10-17,20-21H,4-9H2,1-3H3,(H,36,38,39)/t20-,21-. The molecule has 45 heavy (non-hydrogen) atoms. The van der Waals surface area contributed by atoms with Crippen molar-refractivity contribution >= 4 is 27.5 Å². The van der Waals surface area contributed by atoms with Crippen LogP contribution in [0.2, 0.25) is 0 Å². The first-order valence-corrected chi connectivity index (χ1v) is 16.2. The maximum atomic E-state index is 13.9. The van der Waals surface area contributed by atoms with Gasteiger partial charge in [-0.15, -0.1) is 0 Å². The van der Waals surface area contributed by atoms with Crippen molar-refractivity contribution in [3.8, 4) is 22.5 Å². The second-order valence-electron chi connectivity index (χ2n) is 11.0. The third kappa shape index (κ3) is 7.44. The fourth-order valence-electron chi connectivity index (χ4n) is 5.29. The molecule has 1 fully saturated rings. The zero-order valence-corrected chi connectivity index (χ0v) is 25.7. The van der Waals surface area contributed by atoms with Crippen LogP contribution < -0.4 is 10.2 Å². The van der Waals surface area contributed by atoms with E-state index in [0.717, 1.165) is 30.3 Å². The van der Waals surface area contributed by atoms with Gasteiger partial charge in [0.05, 0.1) is 34.9 Å². The van der Waals surface area contributed by atoms with Crippen molar-refractivity contribution in [2.24, 2.45) is 7.05 Å². The SMILES string of the molecule is CCCC(=O)N(c1cnc(-c2cnn(C)c2)cn1)[C@H]1CC[C@H](Nc2ncc(C(F)(F)F)c(-c3cncc(S(C)(=O)=O)c3)n2)CC1. The molecular formula is C29H32F3N9O3S. The minimum atomic E-state index is -4.78. The zero-order chi connectivity index (χ0) is 32.4. The maximum Gasteiger partial charge on any atom is 0.419 e. The summed E-state index contributed by atoms with van der Waals surface area (Å²) < 4.78 is 67.3. The second-order valence-corrected chi connectivity index (χ2v) is 13.0. The van der Waals surface area contributed by atoms with Gasteiger partial charge in [0, 0.05) is 67.7 Å². The molecule has 0 spiro atoms. The quantitative estimate of drug-likeness (QED) is 0.272. The number of carbonyl (C=O) groups excluding carboxylic acids is 1. The number of pyridine rings is 1. The Bertz CT molecular complexity index is 1770. The van der Waals surface area contributed by atoms with E-state index in [-0.39, 0.29) is 34.4 Å². The Morgan fingerprint density at radius 3 is 2.38 bits per heavy atom. The molecule has 0 atom stereocenters. The van der Waals surface area contributed by atoms with E-state index in [2.05, 4.69) is 35.3 Å². The van der Waals surface area contributed by atoms with Gasteiger partial charge in [-0.05, 0) is 38.2 Å². The molecule has 0 radical (unpaired) electrons. The van der Waals surface area contributed by atoms with Crippen LogP contribution in [-0.4, -0.2) is 67.4 Å².